The van der Waals surface area contributed by atoms with Crippen LogP contribution >= 0.6 is 15.9 Å². The van der Waals surface area contributed by atoms with Gasteiger partial charge in [-0.3, -0.25) is 0 Å². The Balaban J connectivity index is 2.37. The quantitative estimate of drug-likeness (QED) is 0.786. The van der Waals surface area contributed by atoms with Gasteiger partial charge in [-0.25, -0.2) is 0 Å². The van der Waals surface area contributed by atoms with E-state index in [1.165, 1.54) is 12.8 Å². The Morgan fingerprint density at radius 3 is 2.36 bits per heavy atom. The van der Waals surface area contributed by atoms with E-state index in [0.29, 0.717) is 5.92 Å². The minimum Gasteiger partial charge on any atom is -0.197 e. The first-order chi connectivity index (χ1) is 6.66. The first-order valence-corrected chi connectivity index (χ1v) is 5.63. The van der Waals surface area contributed by atoms with Crippen LogP contribution in [-0.2, 0) is 5.41 Å². The summed E-state index contributed by atoms with van der Waals surface area (Å²) in [4.78, 5) is 0. The van der Waals surface area contributed by atoms with Crippen LogP contribution in [0.25, 0.3) is 0 Å². The molecule has 1 aromatic carbocycles. The second-order valence-electron chi connectivity index (χ2n) is 4.10. The highest BCUT2D eigenvalue weighted by Gasteiger charge is 2.42. The van der Waals surface area contributed by atoms with Crippen LogP contribution in [0.1, 0.15) is 25.3 Å². The van der Waals surface area contributed by atoms with Crippen LogP contribution in [0, 0.1) is 17.2 Å². The molecule has 0 spiro atoms. The van der Waals surface area contributed by atoms with Crippen LogP contribution < -0.4 is 0 Å². The van der Waals surface area contributed by atoms with Crippen molar-refractivity contribution in [1.29, 1.82) is 5.26 Å². The fourth-order valence-corrected chi connectivity index (χ4v) is 2.11. The molecule has 72 valence electrons. The van der Waals surface area contributed by atoms with Crippen molar-refractivity contribution in [3.8, 4) is 6.07 Å². The van der Waals surface area contributed by atoms with Gasteiger partial charge in [0.2, 0.25) is 0 Å². The van der Waals surface area contributed by atoms with E-state index in [1.54, 1.807) is 0 Å². The van der Waals surface area contributed by atoms with Crippen molar-refractivity contribution >= 4 is 15.9 Å². The lowest BCUT2D eigenvalue weighted by atomic mass is 9.79. The van der Waals surface area contributed by atoms with E-state index in [-0.39, 0.29) is 5.41 Å². The standard InChI is InChI=1S/C12H12BrN/c1-12(8-14,9-2-3-9)10-4-6-11(13)7-5-10/h4-7,9H,2-3H2,1H3/t12-/m1/s1. The van der Waals surface area contributed by atoms with Crippen molar-refractivity contribution in [2.75, 3.05) is 0 Å². The summed E-state index contributed by atoms with van der Waals surface area (Å²) in [5.74, 6) is 0.564. The summed E-state index contributed by atoms with van der Waals surface area (Å²) in [5.41, 5.74) is 0.867. The van der Waals surface area contributed by atoms with Gasteiger partial charge in [-0.2, -0.15) is 5.26 Å². The molecule has 1 aromatic rings. The van der Waals surface area contributed by atoms with Crippen molar-refractivity contribution in [3.63, 3.8) is 0 Å². The van der Waals surface area contributed by atoms with Gasteiger partial charge in [0, 0.05) is 4.47 Å². The number of rotatable bonds is 2. The average molecular weight is 250 g/mol. The molecule has 1 saturated carbocycles. The highest BCUT2D eigenvalue weighted by molar-refractivity contribution is 9.10. The minimum absolute atomic E-state index is 0.277. The summed E-state index contributed by atoms with van der Waals surface area (Å²) in [5, 5.41) is 9.26. The molecule has 0 bridgehead atoms. The number of nitrogens with zero attached hydrogens (tertiary/aromatic N) is 1. The maximum atomic E-state index is 9.26. The van der Waals surface area contributed by atoms with Crippen molar-refractivity contribution in [1.82, 2.24) is 0 Å². The predicted octanol–water partition coefficient (Wildman–Crippen LogP) is 3.64. The lowest BCUT2D eigenvalue weighted by Gasteiger charge is -2.21. The Bertz CT molecular complexity index is 372. The molecule has 0 aromatic heterocycles. The van der Waals surface area contributed by atoms with Crippen LogP contribution in [0.15, 0.2) is 28.7 Å². The first kappa shape index (κ1) is 9.73. The van der Waals surface area contributed by atoms with Crippen molar-refractivity contribution < 1.29 is 0 Å². The third-order valence-corrected chi connectivity index (χ3v) is 3.60. The molecule has 1 fully saturated rings. The molecule has 0 radical (unpaired) electrons. The van der Waals surface area contributed by atoms with Gasteiger partial charge in [0.15, 0.2) is 0 Å². The van der Waals surface area contributed by atoms with E-state index in [1.807, 2.05) is 31.2 Å². The molecule has 0 aliphatic heterocycles. The van der Waals surface area contributed by atoms with Crippen LogP contribution in [0.2, 0.25) is 0 Å². The molecule has 1 nitrogen and oxygen atoms in total. The zero-order chi connectivity index (χ0) is 10.2. The van der Waals surface area contributed by atoms with Gasteiger partial charge in [-0.1, -0.05) is 28.1 Å². The summed E-state index contributed by atoms with van der Waals surface area (Å²) in [6.07, 6.45) is 2.39. The van der Waals surface area contributed by atoms with E-state index < -0.39 is 0 Å². The molecule has 1 aliphatic carbocycles. The molecule has 0 saturated heterocycles. The van der Waals surface area contributed by atoms with Crippen molar-refractivity contribution in [2.24, 2.45) is 5.92 Å². The average Bonchev–Trinajstić information content (AvgIpc) is 3.01. The third kappa shape index (κ3) is 1.57. The second-order valence-corrected chi connectivity index (χ2v) is 5.01. The van der Waals surface area contributed by atoms with Gasteiger partial charge in [-0.05, 0) is 43.4 Å². The van der Waals surface area contributed by atoms with E-state index in [4.69, 9.17) is 0 Å². The topological polar surface area (TPSA) is 23.8 Å². The van der Waals surface area contributed by atoms with Gasteiger partial charge in [0.25, 0.3) is 0 Å². The van der Waals surface area contributed by atoms with Crippen LogP contribution in [0.4, 0.5) is 0 Å². The number of nitriles is 1. The maximum Gasteiger partial charge on any atom is 0.0822 e. The molecular formula is C12H12BrN. The summed E-state index contributed by atoms with van der Waals surface area (Å²) < 4.78 is 1.07. The second kappa shape index (κ2) is 3.40. The Hall–Kier alpha value is -0.810. The molecule has 1 atom stereocenters. The highest BCUT2D eigenvalue weighted by atomic mass is 79.9. The molecule has 1 aliphatic rings. The van der Waals surface area contributed by atoms with E-state index in [0.717, 1.165) is 10.0 Å². The van der Waals surface area contributed by atoms with Crippen LogP contribution in [0.5, 0.6) is 0 Å². The first-order valence-electron chi connectivity index (χ1n) is 4.84. The Morgan fingerprint density at radius 1 is 1.36 bits per heavy atom. The van der Waals surface area contributed by atoms with Crippen molar-refractivity contribution in [3.05, 3.63) is 34.3 Å². The normalized spacial score (nSPS) is 19.8. The summed E-state index contributed by atoms with van der Waals surface area (Å²) in [6.45, 7) is 2.05. The summed E-state index contributed by atoms with van der Waals surface area (Å²) >= 11 is 3.40. The molecule has 0 unspecified atom stereocenters. The number of hydrogen-bond acceptors (Lipinski definition) is 1. The molecule has 0 heterocycles. The molecule has 0 N–H and O–H groups in total. The SMILES string of the molecule is C[C@](C#N)(c1ccc(Br)cc1)C1CC1. The lowest BCUT2D eigenvalue weighted by Crippen LogP contribution is -2.21. The summed E-state index contributed by atoms with van der Waals surface area (Å²) in [7, 11) is 0. The van der Waals surface area contributed by atoms with Gasteiger partial charge in [-0.15, -0.1) is 0 Å². The fraction of sp³-hybridized carbons (Fsp3) is 0.417. The zero-order valence-electron chi connectivity index (χ0n) is 8.13. The molecular weight excluding hydrogens is 238 g/mol. The number of benzene rings is 1. The Kier molecular flexibility index (Phi) is 2.36. The van der Waals surface area contributed by atoms with Gasteiger partial charge >= 0.3 is 0 Å². The molecule has 2 rings (SSSR count). The smallest absolute Gasteiger partial charge is 0.0822 e. The van der Waals surface area contributed by atoms with Crippen LogP contribution in [0.3, 0.4) is 0 Å². The Morgan fingerprint density at radius 2 is 1.93 bits per heavy atom. The number of hydrogen-bond donors (Lipinski definition) is 0. The molecule has 2 heteroatoms. The summed E-state index contributed by atoms with van der Waals surface area (Å²) in [6, 6.07) is 10.6. The highest BCUT2D eigenvalue weighted by Crippen LogP contribution is 2.46. The predicted molar refractivity (Wildman–Crippen MR) is 59.8 cm³/mol. The molecule has 14 heavy (non-hydrogen) atoms. The van der Waals surface area contributed by atoms with Gasteiger partial charge in [0.05, 0.1) is 11.5 Å². The lowest BCUT2D eigenvalue weighted by molar-refractivity contribution is 0.529. The van der Waals surface area contributed by atoms with Crippen molar-refractivity contribution in [2.45, 2.75) is 25.2 Å². The zero-order valence-corrected chi connectivity index (χ0v) is 9.71. The monoisotopic (exact) mass is 249 g/mol. The van der Waals surface area contributed by atoms with E-state index in [2.05, 4.69) is 22.0 Å². The van der Waals surface area contributed by atoms with Gasteiger partial charge < -0.3 is 0 Å². The van der Waals surface area contributed by atoms with Crippen LogP contribution in [-0.4, -0.2) is 0 Å². The Labute approximate surface area is 92.9 Å². The minimum atomic E-state index is -0.277. The third-order valence-electron chi connectivity index (χ3n) is 3.07. The fourth-order valence-electron chi connectivity index (χ4n) is 1.85. The number of halogens is 1. The largest absolute Gasteiger partial charge is 0.197 e. The van der Waals surface area contributed by atoms with E-state index in [9.17, 15) is 5.26 Å². The van der Waals surface area contributed by atoms with E-state index >= 15 is 0 Å². The molecule has 0 amide bonds. The van der Waals surface area contributed by atoms with Gasteiger partial charge in [0.1, 0.15) is 0 Å². The maximum absolute atomic E-state index is 9.26.